The molecule has 1 N–H and O–H groups in total. The second-order valence-corrected chi connectivity index (χ2v) is 9.69. The minimum absolute atomic E-state index is 0.231. The van der Waals surface area contributed by atoms with Gasteiger partial charge in [-0.3, -0.25) is 14.1 Å². The molecule has 1 saturated carbocycles. The fourth-order valence-corrected chi connectivity index (χ4v) is 4.47. The Morgan fingerprint density at radius 1 is 1.03 bits per heavy atom. The van der Waals surface area contributed by atoms with Crippen molar-refractivity contribution in [2.45, 2.75) is 58.1 Å². The van der Waals surface area contributed by atoms with Gasteiger partial charge in [-0.2, -0.15) is 8.42 Å². The van der Waals surface area contributed by atoms with E-state index in [4.69, 9.17) is 14.0 Å². The van der Waals surface area contributed by atoms with Crippen LogP contribution in [0.2, 0.25) is 0 Å². The molecule has 9 heteroatoms. The van der Waals surface area contributed by atoms with Gasteiger partial charge in [-0.05, 0) is 45.1 Å². The normalized spacial score (nSPS) is 20.1. The number of hydrogen-bond donors (Lipinski definition) is 1. The van der Waals surface area contributed by atoms with Gasteiger partial charge in [0.25, 0.3) is 10.1 Å². The maximum Gasteiger partial charge on any atom is 0.309 e. The van der Waals surface area contributed by atoms with Crippen molar-refractivity contribution in [3.63, 3.8) is 0 Å². The number of carbonyl (C=O) groups excluding carboxylic acids is 2. The molecule has 1 aliphatic carbocycles. The lowest BCUT2D eigenvalue weighted by atomic mass is 9.82. The zero-order valence-corrected chi connectivity index (χ0v) is 18.0. The van der Waals surface area contributed by atoms with Crippen LogP contribution in [0.1, 0.15) is 50.7 Å². The Balaban J connectivity index is 1.78. The Labute approximate surface area is 173 Å². The van der Waals surface area contributed by atoms with Crippen LogP contribution in [-0.4, -0.2) is 44.1 Å². The third kappa shape index (κ3) is 7.82. The third-order valence-corrected chi connectivity index (χ3v) is 6.17. The zero-order chi connectivity index (χ0) is 21.7. The summed E-state index contributed by atoms with van der Waals surface area (Å²) in [6.45, 7) is 3.11. The number of rotatable bonds is 8. The molecular formula is C20H29BO7S. The Morgan fingerprint density at radius 2 is 1.52 bits per heavy atom. The van der Waals surface area contributed by atoms with E-state index in [0.29, 0.717) is 25.7 Å². The summed E-state index contributed by atoms with van der Waals surface area (Å²) in [5.74, 6) is -2.06. The first-order valence-electron chi connectivity index (χ1n) is 9.91. The third-order valence-electron chi connectivity index (χ3n) is 5.11. The number of hydrogen-bond acceptors (Lipinski definition) is 6. The predicted octanol–water partition coefficient (Wildman–Crippen LogP) is 1.88. The molecule has 1 aliphatic rings. The van der Waals surface area contributed by atoms with E-state index in [0.717, 1.165) is 11.9 Å². The zero-order valence-electron chi connectivity index (χ0n) is 17.2. The molecule has 0 heterocycles. The molecule has 7 nitrogen and oxygen atoms in total. The molecule has 29 heavy (non-hydrogen) atoms. The van der Waals surface area contributed by atoms with Crippen LogP contribution in [0, 0.1) is 11.8 Å². The van der Waals surface area contributed by atoms with E-state index < -0.39 is 27.4 Å². The summed E-state index contributed by atoms with van der Waals surface area (Å²) in [5, 5.41) is 0. The molecule has 0 bridgehead atoms. The lowest BCUT2D eigenvalue weighted by Crippen LogP contribution is -2.39. The lowest BCUT2D eigenvalue weighted by molar-refractivity contribution is -0.163. The monoisotopic (exact) mass is 424 g/mol. The molecule has 0 atom stereocenters. The highest BCUT2D eigenvalue weighted by atomic mass is 32.2. The highest BCUT2D eigenvalue weighted by molar-refractivity contribution is 7.85. The molecule has 1 aromatic rings. The van der Waals surface area contributed by atoms with E-state index in [-0.39, 0.29) is 24.4 Å². The second-order valence-electron chi connectivity index (χ2n) is 8.23. The summed E-state index contributed by atoms with van der Waals surface area (Å²) in [7, 11) is -2.17. The molecule has 0 aromatic heterocycles. The summed E-state index contributed by atoms with van der Waals surface area (Å²) < 4.78 is 41.7. The standard InChI is InChI=1S/C20H29BO7S/c1-20(2,13-29(24,25)26)28-19(23)17-9-7-16(8-10-17)18(22)27-12-15-5-3-14(11-21)4-6-15/h3-6,16-17H,7-13,21H2,1-2H3,(H,24,25,26). The highest BCUT2D eigenvalue weighted by Gasteiger charge is 2.35. The van der Waals surface area contributed by atoms with Crippen LogP contribution in [0.3, 0.4) is 0 Å². The Bertz CT molecular complexity index is 810. The molecular weight excluding hydrogens is 395 g/mol. The second kappa shape index (κ2) is 9.76. The Morgan fingerprint density at radius 3 is 2.00 bits per heavy atom. The molecule has 0 spiro atoms. The molecule has 1 fully saturated rings. The van der Waals surface area contributed by atoms with Gasteiger partial charge < -0.3 is 9.47 Å². The lowest BCUT2D eigenvalue weighted by Gasteiger charge is -2.30. The van der Waals surface area contributed by atoms with Gasteiger partial charge in [-0.25, -0.2) is 0 Å². The van der Waals surface area contributed by atoms with Crippen LogP contribution < -0.4 is 0 Å². The summed E-state index contributed by atoms with van der Waals surface area (Å²) >= 11 is 0. The molecule has 1 aromatic carbocycles. The SMILES string of the molecule is BCc1ccc(COC(=O)C2CCC(C(=O)OC(C)(C)CS(=O)(=O)O)CC2)cc1. The van der Waals surface area contributed by atoms with Gasteiger partial charge in [-0.15, -0.1) is 0 Å². The number of benzene rings is 1. The van der Waals surface area contributed by atoms with E-state index >= 15 is 0 Å². The quantitative estimate of drug-likeness (QED) is 0.386. The van der Waals surface area contributed by atoms with Gasteiger partial charge in [0, 0.05) is 0 Å². The van der Waals surface area contributed by atoms with E-state index in [1.165, 1.54) is 19.4 Å². The van der Waals surface area contributed by atoms with Gasteiger partial charge in [0.1, 0.15) is 25.8 Å². The maximum absolute atomic E-state index is 12.3. The molecule has 0 saturated heterocycles. The van der Waals surface area contributed by atoms with Gasteiger partial charge in [0.15, 0.2) is 0 Å². The van der Waals surface area contributed by atoms with Crippen LogP contribution in [0.15, 0.2) is 24.3 Å². The van der Waals surface area contributed by atoms with Crippen molar-refractivity contribution in [3.8, 4) is 0 Å². The highest BCUT2D eigenvalue weighted by Crippen LogP contribution is 2.31. The van der Waals surface area contributed by atoms with Crippen molar-refractivity contribution in [1.29, 1.82) is 0 Å². The Hall–Kier alpha value is -1.87. The Kier molecular flexibility index (Phi) is 7.88. The maximum atomic E-state index is 12.3. The molecule has 0 radical (unpaired) electrons. The molecule has 0 unspecified atom stereocenters. The predicted molar refractivity (Wildman–Crippen MR) is 111 cm³/mol. The molecule has 2 rings (SSSR count). The fraction of sp³-hybridized carbons (Fsp3) is 0.600. The van der Waals surface area contributed by atoms with E-state index in [1.54, 1.807) is 0 Å². The summed E-state index contributed by atoms with van der Waals surface area (Å²) in [6, 6.07) is 7.94. The summed E-state index contributed by atoms with van der Waals surface area (Å²) in [5.41, 5.74) is 0.854. The van der Waals surface area contributed by atoms with Gasteiger partial charge in [0.05, 0.1) is 11.8 Å². The fourth-order valence-electron chi connectivity index (χ4n) is 3.53. The number of ether oxygens (including phenoxy) is 2. The minimum atomic E-state index is -4.25. The smallest absolute Gasteiger partial charge is 0.309 e. The number of carbonyl (C=O) groups is 2. The average Bonchev–Trinajstić information content (AvgIpc) is 2.64. The van der Waals surface area contributed by atoms with Gasteiger partial charge in [0.2, 0.25) is 0 Å². The number of esters is 2. The summed E-state index contributed by atoms with van der Waals surface area (Å²) in [6.07, 6.45) is 2.95. The molecule has 0 aliphatic heterocycles. The topological polar surface area (TPSA) is 107 Å². The van der Waals surface area contributed by atoms with E-state index in [9.17, 15) is 18.0 Å². The van der Waals surface area contributed by atoms with Gasteiger partial charge in [-0.1, -0.05) is 36.1 Å². The minimum Gasteiger partial charge on any atom is -0.461 e. The average molecular weight is 424 g/mol. The van der Waals surface area contributed by atoms with Crippen molar-refractivity contribution in [1.82, 2.24) is 0 Å². The van der Waals surface area contributed by atoms with Gasteiger partial charge >= 0.3 is 11.9 Å². The molecule has 0 amide bonds. The first-order valence-corrected chi connectivity index (χ1v) is 11.5. The molecule has 160 valence electrons. The van der Waals surface area contributed by atoms with Crippen molar-refractivity contribution in [2.24, 2.45) is 11.8 Å². The van der Waals surface area contributed by atoms with Crippen LogP contribution >= 0.6 is 0 Å². The van der Waals surface area contributed by atoms with Crippen molar-refractivity contribution < 1.29 is 32.0 Å². The van der Waals surface area contributed by atoms with Crippen LogP contribution in [0.4, 0.5) is 0 Å². The van der Waals surface area contributed by atoms with Crippen LogP contribution in [-0.2, 0) is 42.1 Å². The largest absolute Gasteiger partial charge is 0.461 e. The van der Waals surface area contributed by atoms with E-state index in [1.807, 2.05) is 24.3 Å². The van der Waals surface area contributed by atoms with Crippen LogP contribution in [0.25, 0.3) is 0 Å². The first-order chi connectivity index (χ1) is 13.5. The van der Waals surface area contributed by atoms with Crippen molar-refractivity contribution >= 4 is 29.9 Å². The van der Waals surface area contributed by atoms with E-state index in [2.05, 4.69) is 7.85 Å². The van der Waals surface area contributed by atoms with Crippen LogP contribution in [0.5, 0.6) is 0 Å². The van der Waals surface area contributed by atoms with Crippen molar-refractivity contribution in [2.75, 3.05) is 5.75 Å². The first kappa shape index (κ1) is 23.4. The van der Waals surface area contributed by atoms with Crippen molar-refractivity contribution in [3.05, 3.63) is 35.4 Å². The summed E-state index contributed by atoms with van der Waals surface area (Å²) in [4.78, 5) is 24.6.